The lowest BCUT2D eigenvalue weighted by molar-refractivity contribution is -0.385. The van der Waals surface area contributed by atoms with Crippen LogP contribution in [0.2, 0.25) is 0 Å². The minimum absolute atomic E-state index is 0.0563. The first-order valence-corrected chi connectivity index (χ1v) is 7.80. The molecule has 8 heteroatoms. The monoisotopic (exact) mass is 357 g/mol. The van der Waals surface area contributed by atoms with Crippen LogP contribution < -0.4 is 10.5 Å². The Morgan fingerprint density at radius 2 is 2.04 bits per heavy atom. The second-order valence-electron chi connectivity index (χ2n) is 5.71. The smallest absolute Gasteiger partial charge is 0.310 e. The van der Waals surface area contributed by atoms with Crippen LogP contribution in [0.3, 0.4) is 0 Å². The molecule has 0 spiro atoms. The molecular formula is C18H16FN3O4. The van der Waals surface area contributed by atoms with Crippen LogP contribution in [0, 0.1) is 10.1 Å². The molecule has 0 bridgehead atoms. The Morgan fingerprint density at radius 3 is 2.77 bits per heavy atom. The van der Waals surface area contributed by atoms with Crippen LogP contribution in [0.5, 0.6) is 5.75 Å². The molecule has 0 amide bonds. The summed E-state index contributed by atoms with van der Waals surface area (Å²) in [6.07, 6.45) is -1.34. The second-order valence-corrected chi connectivity index (χ2v) is 5.71. The van der Waals surface area contributed by atoms with Gasteiger partial charge < -0.3 is 15.6 Å². The number of hydrogen-bond donors (Lipinski definition) is 2. The predicted molar refractivity (Wildman–Crippen MR) is 95.7 cm³/mol. The molecule has 1 heterocycles. The van der Waals surface area contributed by atoms with Crippen molar-refractivity contribution in [3.05, 3.63) is 58.6 Å². The Bertz CT molecular complexity index is 964. The van der Waals surface area contributed by atoms with E-state index in [0.29, 0.717) is 16.9 Å². The first-order valence-electron chi connectivity index (χ1n) is 7.80. The Morgan fingerprint density at radius 1 is 1.23 bits per heavy atom. The molecule has 3 aromatic rings. The molecule has 0 aliphatic heterocycles. The summed E-state index contributed by atoms with van der Waals surface area (Å²) in [6, 6.07) is 13.2. The van der Waals surface area contributed by atoms with E-state index in [9.17, 15) is 19.6 Å². The number of fused-ring (bicyclic) bond motifs is 1. The minimum atomic E-state index is -1.34. The van der Waals surface area contributed by atoms with Crippen LogP contribution in [0.15, 0.2) is 48.5 Å². The Labute approximate surface area is 148 Å². The van der Waals surface area contributed by atoms with Crippen molar-refractivity contribution in [2.75, 3.05) is 19.0 Å². The molecule has 0 radical (unpaired) electrons. The van der Waals surface area contributed by atoms with Crippen molar-refractivity contribution < 1.29 is 19.2 Å². The van der Waals surface area contributed by atoms with Crippen molar-refractivity contribution in [2.24, 2.45) is 0 Å². The highest BCUT2D eigenvalue weighted by molar-refractivity contribution is 5.84. The predicted octanol–water partition coefficient (Wildman–Crippen LogP) is 3.10. The van der Waals surface area contributed by atoms with E-state index in [1.54, 1.807) is 30.3 Å². The van der Waals surface area contributed by atoms with Gasteiger partial charge in [-0.05, 0) is 36.4 Å². The van der Waals surface area contributed by atoms with E-state index < -0.39 is 17.7 Å². The molecule has 0 aliphatic carbocycles. The van der Waals surface area contributed by atoms with Gasteiger partial charge in [-0.3, -0.25) is 10.1 Å². The number of nitrogen functional groups attached to an aromatic ring is 1. The van der Waals surface area contributed by atoms with E-state index in [1.165, 1.54) is 12.1 Å². The Kier molecular flexibility index (Phi) is 4.94. The first kappa shape index (κ1) is 17.6. The van der Waals surface area contributed by atoms with Crippen LogP contribution in [-0.4, -0.2) is 34.4 Å². The molecule has 3 N–H and O–H groups in total. The highest BCUT2D eigenvalue weighted by Crippen LogP contribution is 2.32. The number of nitro groups is 1. The Hall–Kier alpha value is -3.26. The quantitative estimate of drug-likeness (QED) is 0.398. The van der Waals surface area contributed by atoms with Gasteiger partial charge in [0.1, 0.15) is 19.4 Å². The Balaban J connectivity index is 1.99. The number of aromatic nitrogens is 1. The standard InChI is InChI=1S/C18H16FN3O4/c19-9-14(23)10-26-18-8-12(2-6-17(18)22(24)25)15-4-1-11-7-13(20)3-5-16(11)21-15/h1-8,14,23H,9-10,20H2. The molecule has 1 atom stereocenters. The molecule has 0 aliphatic rings. The number of hydrogen-bond acceptors (Lipinski definition) is 6. The average molecular weight is 357 g/mol. The zero-order valence-corrected chi connectivity index (χ0v) is 13.6. The molecule has 1 aromatic heterocycles. The van der Waals surface area contributed by atoms with Crippen LogP contribution in [0.4, 0.5) is 15.8 Å². The number of benzene rings is 2. The van der Waals surface area contributed by atoms with Gasteiger partial charge in [0.05, 0.1) is 16.1 Å². The molecule has 7 nitrogen and oxygen atoms in total. The van der Waals surface area contributed by atoms with Crippen molar-refractivity contribution in [2.45, 2.75) is 6.10 Å². The lowest BCUT2D eigenvalue weighted by Gasteiger charge is -2.11. The third kappa shape index (κ3) is 3.70. The van der Waals surface area contributed by atoms with Crippen molar-refractivity contribution in [1.29, 1.82) is 0 Å². The molecule has 26 heavy (non-hydrogen) atoms. The maximum atomic E-state index is 12.4. The number of aliphatic hydroxyl groups is 1. The average Bonchev–Trinajstić information content (AvgIpc) is 2.65. The summed E-state index contributed by atoms with van der Waals surface area (Å²) >= 11 is 0. The zero-order chi connectivity index (χ0) is 18.7. The maximum Gasteiger partial charge on any atom is 0.310 e. The highest BCUT2D eigenvalue weighted by atomic mass is 19.1. The van der Waals surface area contributed by atoms with Crippen molar-refractivity contribution in [3.63, 3.8) is 0 Å². The number of alkyl halides is 1. The van der Waals surface area contributed by atoms with Gasteiger partial charge >= 0.3 is 5.69 Å². The molecular weight excluding hydrogens is 341 g/mol. The summed E-state index contributed by atoms with van der Waals surface area (Å²) in [5.74, 6) is -0.0563. The number of nitrogens with two attached hydrogens (primary N) is 1. The van der Waals surface area contributed by atoms with E-state index >= 15 is 0 Å². The van der Waals surface area contributed by atoms with Gasteiger partial charge in [0.25, 0.3) is 0 Å². The lowest BCUT2D eigenvalue weighted by atomic mass is 10.1. The number of halogens is 1. The number of pyridine rings is 1. The van der Waals surface area contributed by atoms with Crippen LogP contribution >= 0.6 is 0 Å². The summed E-state index contributed by atoms with van der Waals surface area (Å²) in [5.41, 5.74) is 8.03. The fourth-order valence-electron chi connectivity index (χ4n) is 2.48. The minimum Gasteiger partial charge on any atom is -0.484 e. The van der Waals surface area contributed by atoms with E-state index in [2.05, 4.69) is 4.98 Å². The number of rotatable bonds is 6. The van der Waals surface area contributed by atoms with E-state index in [4.69, 9.17) is 10.5 Å². The molecule has 0 saturated heterocycles. The van der Waals surface area contributed by atoms with Gasteiger partial charge in [-0.2, -0.15) is 0 Å². The van der Waals surface area contributed by atoms with Gasteiger partial charge in [-0.15, -0.1) is 0 Å². The van der Waals surface area contributed by atoms with Crippen molar-refractivity contribution in [1.82, 2.24) is 4.98 Å². The fourth-order valence-corrected chi connectivity index (χ4v) is 2.48. The lowest BCUT2D eigenvalue weighted by Crippen LogP contribution is -2.19. The summed E-state index contributed by atoms with van der Waals surface area (Å²) in [7, 11) is 0. The summed E-state index contributed by atoms with van der Waals surface area (Å²) < 4.78 is 17.6. The second kappa shape index (κ2) is 7.32. The van der Waals surface area contributed by atoms with Gasteiger partial charge in [-0.25, -0.2) is 9.37 Å². The van der Waals surface area contributed by atoms with Crippen molar-refractivity contribution in [3.8, 4) is 17.0 Å². The third-order valence-electron chi connectivity index (χ3n) is 3.77. The molecule has 1 unspecified atom stereocenters. The van der Waals surface area contributed by atoms with Gasteiger partial charge in [0.15, 0.2) is 5.75 Å². The number of aliphatic hydroxyl groups excluding tert-OH is 1. The summed E-state index contributed by atoms with van der Waals surface area (Å²) in [4.78, 5) is 15.1. The zero-order valence-electron chi connectivity index (χ0n) is 13.6. The SMILES string of the molecule is Nc1ccc2nc(-c3ccc([N+](=O)[O-])c(OCC(O)CF)c3)ccc2c1. The molecule has 134 valence electrons. The number of ether oxygens (including phenoxy) is 1. The normalized spacial score (nSPS) is 12.1. The van der Waals surface area contributed by atoms with Gasteiger partial charge in [0.2, 0.25) is 0 Å². The van der Waals surface area contributed by atoms with Crippen LogP contribution in [0.25, 0.3) is 22.2 Å². The highest BCUT2D eigenvalue weighted by Gasteiger charge is 2.18. The topological polar surface area (TPSA) is 112 Å². The summed E-state index contributed by atoms with van der Waals surface area (Å²) in [5, 5.41) is 21.3. The molecule has 0 saturated carbocycles. The largest absolute Gasteiger partial charge is 0.484 e. The fraction of sp³-hybridized carbons (Fsp3) is 0.167. The molecule has 3 rings (SSSR count). The van der Waals surface area contributed by atoms with Gasteiger partial charge in [-0.1, -0.05) is 6.07 Å². The van der Waals surface area contributed by atoms with Gasteiger partial charge in [0, 0.05) is 22.7 Å². The van der Waals surface area contributed by atoms with Crippen molar-refractivity contribution >= 4 is 22.3 Å². The van der Waals surface area contributed by atoms with Crippen LogP contribution in [-0.2, 0) is 0 Å². The molecule has 0 fully saturated rings. The number of anilines is 1. The number of nitrogens with zero attached hydrogens (tertiary/aromatic N) is 2. The van der Waals surface area contributed by atoms with E-state index in [0.717, 1.165) is 10.9 Å². The van der Waals surface area contributed by atoms with Crippen LogP contribution in [0.1, 0.15) is 0 Å². The van der Waals surface area contributed by atoms with E-state index in [1.807, 2.05) is 6.07 Å². The third-order valence-corrected chi connectivity index (χ3v) is 3.77. The molecule has 2 aromatic carbocycles. The first-order chi connectivity index (χ1) is 12.5. The summed E-state index contributed by atoms with van der Waals surface area (Å²) in [6.45, 7) is -1.38. The number of nitro benzene ring substituents is 1. The van der Waals surface area contributed by atoms with E-state index in [-0.39, 0.29) is 18.0 Å². The maximum absolute atomic E-state index is 12.4.